The molecule has 1 N–H and O–H groups in total. The first-order valence-corrected chi connectivity index (χ1v) is 12.5. The number of ether oxygens (including phenoxy) is 2. The molecule has 0 saturated heterocycles. The minimum Gasteiger partial charge on any atom is -0.493 e. The van der Waals surface area contributed by atoms with Crippen LogP contribution in [0.15, 0.2) is 59.6 Å². The quantitative estimate of drug-likeness (QED) is 0.292. The van der Waals surface area contributed by atoms with Gasteiger partial charge in [-0.3, -0.25) is 10.3 Å². The van der Waals surface area contributed by atoms with Crippen molar-refractivity contribution in [3.05, 3.63) is 76.9 Å². The predicted molar refractivity (Wildman–Crippen MR) is 155 cm³/mol. The molecule has 1 atom stereocenters. The number of rotatable bonds is 10. The third-order valence-electron chi connectivity index (χ3n) is 6.86. The van der Waals surface area contributed by atoms with E-state index in [0.717, 1.165) is 63.7 Å². The molecule has 1 aliphatic carbocycles. The van der Waals surface area contributed by atoms with Crippen molar-refractivity contribution in [2.24, 2.45) is 4.99 Å². The molecule has 1 heterocycles. The highest BCUT2D eigenvalue weighted by Gasteiger charge is 2.33. The normalized spacial score (nSPS) is 13.6. The van der Waals surface area contributed by atoms with Gasteiger partial charge in [0.05, 0.1) is 37.0 Å². The number of nitrogens with zero attached hydrogens (tertiary/aromatic N) is 3. The van der Waals surface area contributed by atoms with E-state index in [9.17, 15) is 0 Å². The molecule has 7 nitrogen and oxygen atoms in total. The van der Waals surface area contributed by atoms with Crippen LogP contribution in [0.3, 0.4) is 0 Å². The number of nitrogens with one attached hydrogen (secondary N) is 1. The van der Waals surface area contributed by atoms with Gasteiger partial charge in [-0.2, -0.15) is 0 Å². The Hall–Kier alpha value is -4.25. The molecular weight excluding hydrogens is 476 g/mol. The maximum Gasteiger partial charge on any atom is 0.170 e. The van der Waals surface area contributed by atoms with E-state index in [0.29, 0.717) is 11.5 Å². The number of benzene rings is 3. The molecule has 3 aromatic rings. The summed E-state index contributed by atoms with van der Waals surface area (Å²) in [5, 5.41) is 0. The average molecular weight is 509 g/mol. The molecule has 38 heavy (non-hydrogen) atoms. The lowest BCUT2D eigenvalue weighted by atomic mass is 10.00. The smallest absolute Gasteiger partial charge is 0.170 e. The SMILES string of the molecule is C#CC(ONc1c(N(C)CCN(C)C)ccc2c1C1=Cc3cc(OC)c(OC)cc3C1=N2)c1ccccc1. The van der Waals surface area contributed by atoms with Crippen LogP contribution in [0.5, 0.6) is 11.5 Å². The van der Waals surface area contributed by atoms with E-state index in [1.54, 1.807) is 14.2 Å². The zero-order valence-electron chi connectivity index (χ0n) is 22.4. The van der Waals surface area contributed by atoms with E-state index < -0.39 is 6.10 Å². The second-order valence-electron chi connectivity index (χ2n) is 9.57. The lowest BCUT2D eigenvalue weighted by molar-refractivity contribution is 0.146. The van der Waals surface area contributed by atoms with Crippen molar-refractivity contribution in [1.29, 1.82) is 0 Å². The monoisotopic (exact) mass is 508 g/mol. The fourth-order valence-electron chi connectivity index (χ4n) is 4.80. The van der Waals surface area contributed by atoms with E-state index in [4.69, 9.17) is 25.7 Å². The lowest BCUT2D eigenvalue weighted by Crippen LogP contribution is -2.29. The fourth-order valence-corrected chi connectivity index (χ4v) is 4.80. The van der Waals surface area contributed by atoms with Crippen LogP contribution in [0.1, 0.15) is 28.4 Å². The van der Waals surface area contributed by atoms with Crippen LogP contribution in [-0.4, -0.2) is 59.1 Å². The molecule has 2 aliphatic rings. The van der Waals surface area contributed by atoms with Gasteiger partial charge in [0, 0.05) is 36.8 Å². The van der Waals surface area contributed by atoms with E-state index in [2.05, 4.69) is 60.6 Å². The van der Waals surface area contributed by atoms with Crippen molar-refractivity contribution in [3.8, 4) is 23.8 Å². The van der Waals surface area contributed by atoms with Crippen LogP contribution in [0.2, 0.25) is 0 Å². The van der Waals surface area contributed by atoms with E-state index in [1.165, 1.54) is 0 Å². The third kappa shape index (κ3) is 4.60. The first kappa shape index (κ1) is 25.4. The topological polar surface area (TPSA) is 58.6 Å². The van der Waals surface area contributed by atoms with Crippen molar-refractivity contribution >= 4 is 34.4 Å². The molecule has 3 aromatic carbocycles. The second-order valence-corrected chi connectivity index (χ2v) is 9.57. The number of aliphatic imine (C=N–C) groups is 1. The van der Waals surface area contributed by atoms with Crippen molar-refractivity contribution in [2.45, 2.75) is 6.10 Å². The Bertz CT molecular complexity index is 1450. The van der Waals surface area contributed by atoms with Crippen molar-refractivity contribution in [1.82, 2.24) is 4.90 Å². The molecule has 1 aliphatic heterocycles. The number of methoxy groups -OCH3 is 2. The maximum absolute atomic E-state index is 6.16. The van der Waals surface area contributed by atoms with Gasteiger partial charge in [-0.05, 0) is 55.6 Å². The standard InChI is InChI=1S/C31H32N4O3/c1-7-26(20-11-9-8-10-12-20)38-33-31-25(35(4)16-15-34(2)3)14-13-24-29(31)23-17-21-18-27(36-5)28(37-6)19-22(21)30(23)32-24/h1,8-14,17-19,26,33H,15-16H2,2-6H3. The minimum atomic E-state index is -0.558. The zero-order valence-corrected chi connectivity index (χ0v) is 22.4. The predicted octanol–water partition coefficient (Wildman–Crippen LogP) is 5.41. The molecule has 0 fully saturated rings. The Balaban J connectivity index is 1.56. The largest absolute Gasteiger partial charge is 0.493 e. The van der Waals surface area contributed by atoms with Crippen molar-refractivity contribution in [3.63, 3.8) is 0 Å². The van der Waals surface area contributed by atoms with Gasteiger partial charge in [0.2, 0.25) is 0 Å². The van der Waals surface area contributed by atoms with Crippen LogP contribution in [-0.2, 0) is 4.84 Å². The van der Waals surface area contributed by atoms with Gasteiger partial charge in [0.25, 0.3) is 0 Å². The molecule has 0 radical (unpaired) electrons. The van der Waals surface area contributed by atoms with E-state index in [-0.39, 0.29) is 0 Å². The van der Waals surface area contributed by atoms with Gasteiger partial charge in [-0.15, -0.1) is 6.42 Å². The minimum absolute atomic E-state index is 0.558. The summed E-state index contributed by atoms with van der Waals surface area (Å²) in [6, 6.07) is 17.9. The number of fused-ring (bicyclic) bond motifs is 5. The fraction of sp³-hybridized carbons (Fsp3) is 0.258. The number of terminal acetylenes is 1. The molecule has 0 bridgehead atoms. The summed E-state index contributed by atoms with van der Waals surface area (Å²) in [4.78, 5) is 15.6. The zero-order chi connectivity index (χ0) is 26.8. The average Bonchev–Trinajstić information content (AvgIpc) is 3.47. The van der Waals surface area contributed by atoms with Crippen LogP contribution in [0, 0.1) is 12.3 Å². The highest BCUT2D eigenvalue weighted by atomic mass is 16.7. The molecular formula is C31H32N4O3. The summed E-state index contributed by atoms with van der Waals surface area (Å²) >= 11 is 0. The molecule has 0 saturated carbocycles. The van der Waals surface area contributed by atoms with Crippen molar-refractivity contribution in [2.75, 3.05) is 58.8 Å². The Kier molecular flexibility index (Phi) is 7.10. The van der Waals surface area contributed by atoms with Crippen molar-refractivity contribution < 1.29 is 14.3 Å². The Labute approximate surface area is 224 Å². The summed E-state index contributed by atoms with van der Waals surface area (Å²) < 4.78 is 11.1. The van der Waals surface area contributed by atoms with Crippen LogP contribution in [0.4, 0.5) is 17.1 Å². The molecule has 0 aromatic heterocycles. The summed E-state index contributed by atoms with van der Waals surface area (Å²) in [6.07, 6.45) is 7.46. The second kappa shape index (κ2) is 10.6. The Morgan fingerprint density at radius 3 is 2.39 bits per heavy atom. The van der Waals surface area contributed by atoms with Gasteiger partial charge < -0.3 is 19.3 Å². The third-order valence-corrected chi connectivity index (χ3v) is 6.86. The van der Waals surface area contributed by atoms with Crippen LogP contribution >= 0.6 is 0 Å². The van der Waals surface area contributed by atoms with E-state index in [1.807, 2.05) is 42.5 Å². The first-order chi connectivity index (χ1) is 18.4. The molecule has 0 spiro atoms. The van der Waals surface area contributed by atoms with E-state index >= 15 is 0 Å². The number of hydrogen-bond acceptors (Lipinski definition) is 7. The Morgan fingerprint density at radius 1 is 0.974 bits per heavy atom. The molecule has 194 valence electrons. The Morgan fingerprint density at radius 2 is 1.71 bits per heavy atom. The molecule has 0 amide bonds. The summed E-state index contributed by atoms with van der Waals surface area (Å²) in [5.74, 6) is 4.11. The number of hydrogen-bond donors (Lipinski definition) is 1. The number of allylic oxidation sites excluding steroid dienone is 1. The number of anilines is 2. The highest BCUT2D eigenvalue weighted by Crippen LogP contribution is 2.50. The van der Waals surface area contributed by atoms with Crippen LogP contribution < -0.4 is 19.9 Å². The van der Waals surface area contributed by atoms with Gasteiger partial charge in [0.1, 0.15) is 0 Å². The first-order valence-electron chi connectivity index (χ1n) is 12.5. The molecule has 1 unspecified atom stereocenters. The van der Waals surface area contributed by atoms with Crippen LogP contribution in [0.25, 0.3) is 11.6 Å². The maximum atomic E-state index is 6.16. The van der Waals surface area contributed by atoms with Gasteiger partial charge >= 0.3 is 0 Å². The molecule has 7 heteroatoms. The molecule has 5 rings (SSSR count). The number of likely N-dealkylation sites (N-methyl/N-ethyl adjacent to an activating group) is 2. The lowest BCUT2D eigenvalue weighted by Gasteiger charge is -2.26. The van der Waals surface area contributed by atoms with Gasteiger partial charge in [0.15, 0.2) is 17.6 Å². The van der Waals surface area contributed by atoms with Gasteiger partial charge in [-0.25, -0.2) is 4.99 Å². The summed E-state index contributed by atoms with van der Waals surface area (Å²) in [6.45, 7) is 1.74. The summed E-state index contributed by atoms with van der Waals surface area (Å²) in [5.41, 5.74) is 11.8. The summed E-state index contributed by atoms with van der Waals surface area (Å²) in [7, 11) is 9.50. The van der Waals surface area contributed by atoms with Gasteiger partial charge in [-0.1, -0.05) is 36.3 Å². The highest BCUT2D eigenvalue weighted by molar-refractivity contribution is 6.44.